The molecule has 0 spiro atoms. The number of rotatable bonds is 5. The summed E-state index contributed by atoms with van der Waals surface area (Å²) in [4.78, 5) is 4.30. The first-order valence-electron chi connectivity index (χ1n) is 5.82. The van der Waals surface area contributed by atoms with E-state index in [2.05, 4.69) is 21.8 Å². The van der Waals surface area contributed by atoms with Crippen LogP contribution >= 0.6 is 11.6 Å². The third kappa shape index (κ3) is 2.76. The van der Waals surface area contributed by atoms with Crippen molar-refractivity contribution in [2.45, 2.75) is 20.0 Å². The van der Waals surface area contributed by atoms with Crippen molar-refractivity contribution in [1.82, 2.24) is 9.55 Å². The highest BCUT2D eigenvalue weighted by Gasteiger charge is 2.03. The lowest BCUT2D eigenvalue weighted by atomic mass is 10.3. The number of hydrogen-bond donors (Lipinski definition) is 1. The molecule has 18 heavy (non-hydrogen) atoms. The Bertz CT molecular complexity index is 525. The van der Waals surface area contributed by atoms with E-state index in [1.807, 2.05) is 30.6 Å². The quantitative estimate of drug-likeness (QED) is 0.903. The van der Waals surface area contributed by atoms with Crippen LogP contribution in [0.4, 0.5) is 5.69 Å². The van der Waals surface area contributed by atoms with Crippen LogP contribution in [0.3, 0.4) is 0 Å². The summed E-state index contributed by atoms with van der Waals surface area (Å²) in [5, 5.41) is 3.89. The first-order valence-corrected chi connectivity index (χ1v) is 6.19. The highest BCUT2D eigenvalue weighted by atomic mass is 35.5. The molecule has 0 aliphatic heterocycles. The van der Waals surface area contributed by atoms with Gasteiger partial charge in [0.25, 0.3) is 0 Å². The van der Waals surface area contributed by atoms with Gasteiger partial charge in [-0.25, -0.2) is 4.98 Å². The maximum absolute atomic E-state index is 6.06. The summed E-state index contributed by atoms with van der Waals surface area (Å²) in [6.07, 6.45) is 3.78. The molecule has 1 N–H and O–H groups in total. The van der Waals surface area contributed by atoms with E-state index in [4.69, 9.17) is 16.3 Å². The maximum atomic E-state index is 6.06. The molecule has 0 bridgehead atoms. The number of benzene rings is 1. The van der Waals surface area contributed by atoms with E-state index in [0.29, 0.717) is 17.3 Å². The minimum atomic E-state index is 0.598. The van der Waals surface area contributed by atoms with E-state index < -0.39 is 0 Å². The molecule has 0 saturated heterocycles. The lowest BCUT2D eigenvalue weighted by Crippen LogP contribution is -2.07. The largest absolute Gasteiger partial charge is 0.495 e. The van der Waals surface area contributed by atoms with Gasteiger partial charge in [0, 0.05) is 24.6 Å². The molecule has 1 aromatic heterocycles. The number of imidazole rings is 1. The summed E-state index contributed by atoms with van der Waals surface area (Å²) < 4.78 is 7.21. The Morgan fingerprint density at radius 3 is 2.94 bits per heavy atom. The van der Waals surface area contributed by atoms with Crippen LogP contribution in [0.1, 0.15) is 12.7 Å². The SMILES string of the molecule is CCn1ccnc1CNc1ccc(OC)c(Cl)c1. The lowest BCUT2D eigenvalue weighted by Gasteiger charge is -2.09. The number of aryl methyl sites for hydroxylation is 1. The number of nitrogens with zero attached hydrogens (tertiary/aromatic N) is 2. The van der Waals surface area contributed by atoms with Crippen LogP contribution in [0.2, 0.25) is 5.02 Å². The summed E-state index contributed by atoms with van der Waals surface area (Å²) in [5.41, 5.74) is 0.950. The van der Waals surface area contributed by atoms with Crippen molar-refractivity contribution in [3.8, 4) is 5.75 Å². The Kier molecular flexibility index (Phi) is 4.10. The predicted octanol–water partition coefficient (Wildman–Crippen LogP) is 3.18. The van der Waals surface area contributed by atoms with Crippen LogP contribution in [-0.2, 0) is 13.1 Å². The number of hydrogen-bond acceptors (Lipinski definition) is 3. The number of halogens is 1. The zero-order chi connectivity index (χ0) is 13.0. The van der Waals surface area contributed by atoms with E-state index in [1.165, 1.54) is 0 Å². The Balaban J connectivity index is 2.04. The fraction of sp³-hybridized carbons (Fsp3) is 0.308. The van der Waals surface area contributed by atoms with E-state index in [1.54, 1.807) is 7.11 Å². The molecular weight excluding hydrogens is 250 g/mol. The standard InChI is InChI=1S/C13H16ClN3O/c1-3-17-7-6-15-13(17)9-16-10-4-5-12(18-2)11(14)8-10/h4-8,16H,3,9H2,1-2H3. The third-order valence-corrected chi connectivity index (χ3v) is 3.04. The molecule has 0 saturated carbocycles. The molecule has 0 aliphatic carbocycles. The molecule has 0 radical (unpaired) electrons. The van der Waals surface area contributed by atoms with Gasteiger partial charge < -0.3 is 14.6 Å². The van der Waals surface area contributed by atoms with Gasteiger partial charge in [0.15, 0.2) is 0 Å². The fourth-order valence-corrected chi connectivity index (χ4v) is 2.01. The van der Waals surface area contributed by atoms with Gasteiger partial charge in [0.1, 0.15) is 11.6 Å². The molecule has 2 rings (SSSR count). The Morgan fingerprint density at radius 2 is 2.28 bits per heavy atom. The van der Waals surface area contributed by atoms with Crippen molar-refractivity contribution in [3.05, 3.63) is 41.4 Å². The van der Waals surface area contributed by atoms with Crippen LogP contribution in [0.15, 0.2) is 30.6 Å². The second-order valence-electron chi connectivity index (χ2n) is 3.83. The molecule has 1 heterocycles. The topological polar surface area (TPSA) is 39.1 Å². The van der Waals surface area contributed by atoms with Crippen molar-refractivity contribution in [1.29, 1.82) is 0 Å². The third-order valence-electron chi connectivity index (χ3n) is 2.74. The van der Waals surface area contributed by atoms with Crippen LogP contribution in [0, 0.1) is 0 Å². The Labute approximate surface area is 112 Å². The number of aromatic nitrogens is 2. The lowest BCUT2D eigenvalue weighted by molar-refractivity contribution is 0.415. The number of anilines is 1. The van der Waals surface area contributed by atoms with Crippen molar-refractivity contribution in [2.75, 3.05) is 12.4 Å². The maximum Gasteiger partial charge on any atom is 0.137 e. The first kappa shape index (κ1) is 12.8. The van der Waals surface area contributed by atoms with Crippen LogP contribution < -0.4 is 10.1 Å². The Morgan fingerprint density at radius 1 is 1.44 bits per heavy atom. The van der Waals surface area contributed by atoms with Gasteiger partial charge in [-0.1, -0.05) is 11.6 Å². The normalized spacial score (nSPS) is 10.4. The monoisotopic (exact) mass is 265 g/mol. The fourth-order valence-electron chi connectivity index (χ4n) is 1.75. The van der Waals surface area contributed by atoms with Gasteiger partial charge in [-0.2, -0.15) is 0 Å². The zero-order valence-corrected chi connectivity index (χ0v) is 11.2. The highest BCUT2D eigenvalue weighted by molar-refractivity contribution is 6.32. The van der Waals surface area contributed by atoms with Crippen molar-refractivity contribution in [2.24, 2.45) is 0 Å². The number of methoxy groups -OCH3 is 1. The minimum Gasteiger partial charge on any atom is -0.495 e. The molecule has 5 heteroatoms. The number of nitrogens with one attached hydrogen (secondary N) is 1. The summed E-state index contributed by atoms with van der Waals surface area (Å²) >= 11 is 6.06. The first-order chi connectivity index (χ1) is 8.74. The van der Waals surface area contributed by atoms with E-state index in [9.17, 15) is 0 Å². The molecule has 0 unspecified atom stereocenters. The molecular formula is C13H16ClN3O. The van der Waals surface area contributed by atoms with Gasteiger partial charge in [-0.3, -0.25) is 0 Å². The second kappa shape index (κ2) is 5.78. The van der Waals surface area contributed by atoms with Crippen LogP contribution in [-0.4, -0.2) is 16.7 Å². The molecule has 1 aromatic carbocycles. The molecule has 0 fully saturated rings. The van der Waals surface area contributed by atoms with Crippen molar-refractivity contribution in [3.63, 3.8) is 0 Å². The van der Waals surface area contributed by atoms with Gasteiger partial charge in [-0.15, -0.1) is 0 Å². The molecule has 2 aromatic rings. The predicted molar refractivity (Wildman–Crippen MR) is 73.2 cm³/mol. The second-order valence-corrected chi connectivity index (χ2v) is 4.24. The van der Waals surface area contributed by atoms with E-state index >= 15 is 0 Å². The van der Waals surface area contributed by atoms with Crippen LogP contribution in [0.5, 0.6) is 5.75 Å². The highest BCUT2D eigenvalue weighted by Crippen LogP contribution is 2.27. The minimum absolute atomic E-state index is 0.598. The smallest absolute Gasteiger partial charge is 0.137 e. The van der Waals surface area contributed by atoms with Gasteiger partial charge in [0.2, 0.25) is 0 Å². The van der Waals surface area contributed by atoms with Crippen molar-refractivity contribution < 1.29 is 4.74 Å². The van der Waals surface area contributed by atoms with E-state index in [-0.39, 0.29) is 0 Å². The van der Waals surface area contributed by atoms with Gasteiger partial charge in [0.05, 0.1) is 18.7 Å². The molecule has 0 amide bonds. The molecule has 96 valence electrons. The number of ether oxygens (including phenoxy) is 1. The molecule has 4 nitrogen and oxygen atoms in total. The summed E-state index contributed by atoms with van der Waals surface area (Å²) in [5.74, 6) is 1.68. The zero-order valence-electron chi connectivity index (χ0n) is 10.5. The van der Waals surface area contributed by atoms with Gasteiger partial charge in [-0.05, 0) is 25.1 Å². The van der Waals surface area contributed by atoms with E-state index in [0.717, 1.165) is 18.1 Å². The van der Waals surface area contributed by atoms with Gasteiger partial charge >= 0.3 is 0 Å². The summed E-state index contributed by atoms with van der Waals surface area (Å²) in [6, 6.07) is 5.63. The Hall–Kier alpha value is -1.68. The van der Waals surface area contributed by atoms with Crippen LogP contribution in [0.25, 0.3) is 0 Å². The molecule has 0 aliphatic rings. The average Bonchev–Trinajstić information content (AvgIpc) is 2.84. The summed E-state index contributed by atoms with van der Waals surface area (Å²) in [6.45, 7) is 3.68. The summed E-state index contributed by atoms with van der Waals surface area (Å²) in [7, 11) is 1.60. The average molecular weight is 266 g/mol. The molecule has 0 atom stereocenters. The van der Waals surface area contributed by atoms with Crippen molar-refractivity contribution >= 4 is 17.3 Å².